The highest BCUT2D eigenvalue weighted by molar-refractivity contribution is 8.00. The van der Waals surface area contributed by atoms with Gasteiger partial charge in [-0.1, -0.05) is 42.1 Å². The number of aromatic nitrogens is 4. The number of thioether (sulfide) groups is 1. The average Bonchev–Trinajstić information content (AvgIpc) is 3.54. The average molecular weight is 460 g/mol. The molecule has 166 valence electrons. The van der Waals surface area contributed by atoms with Gasteiger partial charge in [-0.25, -0.2) is 4.39 Å². The molecule has 0 saturated carbocycles. The largest absolute Gasteiger partial charge is 0.341 e. The number of amides is 1. The molecule has 8 heteroatoms. The van der Waals surface area contributed by atoms with Crippen molar-refractivity contribution in [3.05, 3.63) is 90.5 Å². The van der Waals surface area contributed by atoms with Crippen LogP contribution in [-0.2, 0) is 4.79 Å². The van der Waals surface area contributed by atoms with Crippen LogP contribution in [0.1, 0.15) is 23.7 Å². The molecular formula is C25H22FN5OS. The summed E-state index contributed by atoms with van der Waals surface area (Å²) in [5.74, 6) is 0.354. The Hall–Kier alpha value is -3.52. The number of benzene rings is 2. The zero-order valence-corrected chi connectivity index (χ0v) is 18.7. The van der Waals surface area contributed by atoms with Gasteiger partial charge in [-0.3, -0.25) is 14.3 Å². The Morgan fingerprint density at radius 1 is 0.909 bits per heavy atom. The van der Waals surface area contributed by atoms with Crippen LogP contribution in [0.3, 0.4) is 0 Å². The van der Waals surface area contributed by atoms with Crippen molar-refractivity contribution in [1.29, 1.82) is 0 Å². The molecule has 33 heavy (non-hydrogen) atoms. The van der Waals surface area contributed by atoms with Crippen LogP contribution < -0.4 is 0 Å². The summed E-state index contributed by atoms with van der Waals surface area (Å²) in [7, 11) is 0. The molecule has 1 fully saturated rings. The van der Waals surface area contributed by atoms with Crippen molar-refractivity contribution in [3.63, 3.8) is 0 Å². The number of hydrogen-bond acceptors (Lipinski definition) is 5. The van der Waals surface area contributed by atoms with Crippen LogP contribution in [-0.4, -0.2) is 43.6 Å². The zero-order chi connectivity index (χ0) is 22.6. The molecule has 0 unspecified atom stereocenters. The first-order chi connectivity index (χ1) is 16.2. The molecule has 0 bridgehead atoms. The second-order valence-electron chi connectivity index (χ2n) is 7.79. The lowest BCUT2D eigenvalue weighted by molar-refractivity contribution is -0.129. The van der Waals surface area contributed by atoms with Crippen molar-refractivity contribution in [2.45, 2.75) is 23.2 Å². The zero-order valence-electron chi connectivity index (χ0n) is 17.8. The minimum atomic E-state index is -0.460. The molecule has 3 heterocycles. The molecule has 1 aliphatic rings. The summed E-state index contributed by atoms with van der Waals surface area (Å²) in [6.45, 7) is 1.55. The third kappa shape index (κ3) is 4.52. The predicted octanol–water partition coefficient (Wildman–Crippen LogP) is 4.92. The number of likely N-dealkylation sites (tertiary alicyclic amines) is 1. The smallest absolute Gasteiger partial charge is 0.240 e. The Morgan fingerprint density at radius 2 is 1.61 bits per heavy atom. The summed E-state index contributed by atoms with van der Waals surface area (Å²) < 4.78 is 15.5. The van der Waals surface area contributed by atoms with Crippen LogP contribution in [0.2, 0.25) is 0 Å². The Kier molecular flexibility index (Phi) is 6.17. The van der Waals surface area contributed by atoms with E-state index in [-0.39, 0.29) is 11.7 Å². The first kappa shape index (κ1) is 21.3. The Morgan fingerprint density at radius 3 is 2.30 bits per heavy atom. The van der Waals surface area contributed by atoms with Crippen LogP contribution in [0, 0.1) is 5.82 Å². The lowest BCUT2D eigenvalue weighted by atomic mass is 10.1. The molecule has 2 aromatic carbocycles. The highest BCUT2D eigenvalue weighted by Crippen LogP contribution is 2.39. The molecule has 5 rings (SSSR count). The minimum Gasteiger partial charge on any atom is -0.341 e. The van der Waals surface area contributed by atoms with Crippen LogP contribution in [0.25, 0.3) is 17.1 Å². The first-order valence-corrected chi connectivity index (χ1v) is 11.7. The van der Waals surface area contributed by atoms with Gasteiger partial charge in [0, 0.05) is 36.7 Å². The van der Waals surface area contributed by atoms with Crippen molar-refractivity contribution in [3.8, 4) is 17.1 Å². The summed E-state index contributed by atoms with van der Waals surface area (Å²) in [6, 6.07) is 19.6. The van der Waals surface area contributed by atoms with Gasteiger partial charge in [-0.2, -0.15) is 0 Å². The number of carbonyl (C=O) groups is 1. The molecule has 6 nitrogen and oxygen atoms in total. The summed E-state index contributed by atoms with van der Waals surface area (Å²) in [5, 5.41) is 9.00. The summed E-state index contributed by atoms with van der Waals surface area (Å²) in [5.41, 5.74) is 2.46. The van der Waals surface area contributed by atoms with Crippen molar-refractivity contribution in [2.75, 3.05) is 13.1 Å². The second-order valence-corrected chi connectivity index (χ2v) is 8.87. The van der Waals surface area contributed by atoms with Crippen molar-refractivity contribution in [2.24, 2.45) is 0 Å². The van der Waals surface area contributed by atoms with E-state index < -0.39 is 5.25 Å². The maximum atomic E-state index is 13.7. The third-order valence-corrected chi connectivity index (χ3v) is 6.81. The molecule has 1 saturated heterocycles. The summed E-state index contributed by atoms with van der Waals surface area (Å²) in [6.07, 6.45) is 5.43. The summed E-state index contributed by atoms with van der Waals surface area (Å²) in [4.78, 5) is 19.5. The van der Waals surface area contributed by atoms with E-state index in [1.807, 2.05) is 51.9 Å². The van der Waals surface area contributed by atoms with Crippen LogP contribution in [0.4, 0.5) is 4.39 Å². The standard InChI is InChI=1S/C25H22FN5OS/c26-20-8-10-21(11-9-20)31-23(19-12-14-27-15-13-19)28-29-25(31)33-22(18-6-2-1-3-7-18)24(32)30-16-4-5-17-30/h1-3,6-15,22H,4-5,16-17H2/t22-/m0/s1. The number of hydrogen-bond donors (Lipinski definition) is 0. The van der Waals surface area contributed by atoms with Gasteiger partial charge in [0.15, 0.2) is 11.0 Å². The Balaban J connectivity index is 1.59. The lowest BCUT2D eigenvalue weighted by Crippen LogP contribution is -2.31. The van der Waals surface area contributed by atoms with Crippen LogP contribution in [0.15, 0.2) is 84.3 Å². The fourth-order valence-corrected chi connectivity index (χ4v) is 5.09. The SMILES string of the molecule is O=C([C@@H](Sc1nnc(-c2ccncc2)n1-c1ccc(F)cc1)c1ccccc1)N1CCCC1. The fraction of sp³-hybridized carbons (Fsp3) is 0.200. The van der Waals surface area contributed by atoms with E-state index in [1.165, 1.54) is 23.9 Å². The number of halogens is 1. The van der Waals surface area contributed by atoms with E-state index in [0.717, 1.165) is 42.7 Å². The van der Waals surface area contributed by atoms with Gasteiger partial charge in [0.25, 0.3) is 0 Å². The molecule has 2 aromatic heterocycles. The topological polar surface area (TPSA) is 63.9 Å². The normalized spacial score (nSPS) is 14.4. The Labute approximate surface area is 195 Å². The van der Waals surface area contributed by atoms with E-state index in [4.69, 9.17) is 0 Å². The van der Waals surface area contributed by atoms with Crippen molar-refractivity contribution in [1.82, 2.24) is 24.6 Å². The molecule has 1 amide bonds. The molecule has 1 aliphatic heterocycles. The van der Waals surface area contributed by atoms with Crippen molar-refractivity contribution >= 4 is 17.7 Å². The van der Waals surface area contributed by atoms with Gasteiger partial charge in [0.05, 0.1) is 0 Å². The third-order valence-electron chi connectivity index (χ3n) is 5.62. The molecular weight excluding hydrogens is 437 g/mol. The van der Waals surface area contributed by atoms with Crippen LogP contribution in [0.5, 0.6) is 0 Å². The predicted molar refractivity (Wildman–Crippen MR) is 125 cm³/mol. The molecule has 0 N–H and O–H groups in total. The molecule has 0 radical (unpaired) electrons. The van der Waals surface area contributed by atoms with E-state index in [1.54, 1.807) is 24.5 Å². The monoisotopic (exact) mass is 459 g/mol. The minimum absolute atomic E-state index is 0.0721. The number of nitrogens with zero attached hydrogens (tertiary/aromatic N) is 5. The highest BCUT2D eigenvalue weighted by Gasteiger charge is 2.31. The number of pyridine rings is 1. The van der Waals surface area contributed by atoms with Gasteiger partial charge in [0.2, 0.25) is 5.91 Å². The van der Waals surface area contributed by atoms with Crippen molar-refractivity contribution < 1.29 is 9.18 Å². The number of carbonyl (C=O) groups excluding carboxylic acids is 1. The molecule has 0 spiro atoms. The maximum absolute atomic E-state index is 13.7. The summed E-state index contributed by atoms with van der Waals surface area (Å²) >= 11 is 1.37. The van der Waals surface area contributed by atoms with Gasteiger partial charge in [-0.05, 0) is 54.8 Å². The van der Waals surface area contributed by atoms with Gasteiger partial charge >= 0.3 is 0 Å². The van der Waals surface area contributed by atoms with Gasteiger partial charge < -0.3 is 4.90 Å². The van der Waals surface area contributed by atoms with Crippen LogP contribution >= 0.6 is 11.8 Å². The van der Waals surface area contributed by atoms with Gasteiger partial charge in [-0.15, -0.1) is 10.2 Å². The lowest BCUT2D eigenvalue weighted by Gasteiger charge is -2.23. The van der Waals surface area contributed by atoms with E-state index in [2.05, 4.69) is 15.2 Å². The van der Waals surface area contributed by atoms with E-state index >= 15 is 0 Å². The number of rotatable bonds is 6. The van der Waals surface area contributed by atoms with E-state index in [0.29, 0.717) is 11.0 Å². The fourth-order valence-electron chi connectivity index (χ4n) is 3.95. The van der Waals surface area contributed by atoms with Gasteiger partial charge in [0.1, 0.15) is 11.1 Å². The quantitative estimate of drug-likeness (QED) is 0.383. The highest BCUT2D eigenvalue weighted by atomic mass is 32.2. The maximum Gasteiger partial charge on any atom is 0.240 e. The molecule has 1 atom stereocenters. The Bertz CT molecular complexity index is 1220. The first-order valence-electron chi connectivity index (χ1n) is 10.8. The second kappa shape index (κ2) is 9.54. The molecule has 0 aliphatic carbocycles. The molecule has 4 aromatic rings. The van der Waals surface area contributed by atoms with E-state index in [9.17, 15) is 9.18 Å².